The van der Waals surface area contributed by atoms with Crippen molar-refractivity contribution in [3.05, 3.63) is 45.2 Å². The Morgan fingerprint density at radius 1 is 1.41 bits per heavy atom. The molecule has 0 spiro atoms. The maximum absolute atomic E-state index is 10.3. The molecule has 3 rings (SSSR count). The molecular formula is C19H25ClN4O2S. The number of aliphatic hydroxyl groups is 1. The minimum Gasteiger partial charge on any atom is -0.477 e. The molecule has 2 aromatic heterocycles. The van der Waals surface area contributed by atoms with E-state index in [0.717, 1.165) is 23.6 Å². The molecule has 2 heterocycles. The van der Waals surface area contributed by atoms with Crippen molar-refractivity contribution < 1.29 is 9.84 Å². The van der Waals surface area contributed by atoms with Gasteiger partial charge in [-0.25, -0.2) is 9.98 Å². The standard InChI is InChI=1S/C19H25ClN4O2S/c1-2-21-19(24-11-15(25)16-5-6-17(20)27-16)23-10-14-7-8-22-18(9-14)26-12-13-3-4-13/h5-9,13,15,25H,2-4,10-12H2,1H3,(H2,21,23,24). The number of nitrogens with zero attached hydrogens (tertiary/aromatic N) is 2. The first-order valence-corrected chi connectivity index (χ1v) is 10.4. The molecule has 0 aliphatic heterocycles. The van der Waals surface area contributed by atoms with E-state index in [1.54, 1.807) is 12.3 Å². The van der Waals surface area contributed by atoms with Crippen LogP contribution in [0.25, 0.3) is 0 Å². The van der Waals surface area contributed by atoms with Gasteiger partial charge in [0.1, 0.15) is 6.10 Å². The van der Waals surface area contributed by atoms with E-state index in [1.165, 1.54) is 24.2 Å². The lowest BCUT2D eigenvalue weighted by Gasteiger charge is -2.14. The van der Waals surface area contributed by atoms with E-state index in [0.29, 0.717) is 35.2 Å². The van der Waals surface area contributed by atoms with Gasteiger partial charge in [-0.3, -0.25) is 0 Å². The van der Waals surface area contributed by atoms with Gasteiger partial charge in [-0.1, -0.05) is 11.6 Å². The summed E-state index contributed by atoms with van der Waals surface area (Å²) in [5.74, 6) is 2.00. The summed E-state index contributed by atoms with van der Waals surface area (Å²) < 4.78 is 6.39. The molecule has 6 nitrogen and oxygen atoms in total. The van der Waals surface area contributed by atoms with Crippen LogP contribution in [0.15, 0.2) is 35.5 Å². The first kappa shape index (κ1) is 19.9. The lowest BCUT2D eigenvalue weighted by Crippen LogP contribution is -2.39. The largest absolute Gasteiger partial charge is 0.477 e. The van der Waals surface area contributed by atoms with E-state index in [2.05, 4.69) is 20.6 Å². The number of pyridine rings is 1. The third kappa shape index (κ3) is 6.68. The van der Waals surface area contributed by atoms with Crippen molar-refractivity contribution in [3.8, 4) is 5.88 Å². The Morgan fingerprint density at radius 2 is 2.26 bits per heavy atom. The lowest BCUT2D eigenvalue weighted by atomic mass is 10.2. The lowest BCUT2D eigenvalue weighted by molar-refractivity contribution is 0.184. The van der Waals surface area contributed by atoms with Crippen molar-refractivity contribution in [1.29, 1.82) is 0 Å². The number of thiophene rings is 1. The van der Waals surface area contributed by atoms with Gasteiger partial charge in [0.25, 0.3) is 0 Å². The van der Waals surface area contributed by atoms with E-state index in [-0.39, 0.29) is 0 Å². The second kappa shape index (κ2) is 9.92. The summed E-state index contributed by atoms with van der Waals surface area (Å²) in [6, 6.07) is 7.48. The van der Waals surface area contributed by atoms with Crippen LogP contribution >= 0.6 is 22.9 Å². The summed E-state index contributed by atoms with van der Waals surface area (Å²) in [5, 5.41) is 16.6. The molecule has 27 heavy (non-hydrogen) atoms. The Morgan fingerprint density at radius 3 is 2.96 bits per heavy atom. The van der Waals surface area contributed by atoms with Gasteiger partial charge in [0.2, 0.25) is 5.88 Å². The fourth-order valence-corrected chi connectivity index (χ4v) is 3.48. The zero-order chi connectivity index (χ0) is 19.1. The second-order valence-corrected chi connectivity index (χ2v) is 8.24. The van der Waals surface area contributed by atoms with E-state index >= 15 is 0 Å². The van der Waals surface area contributed by atoms with Crippen molar-refractivity contribution in [2.75, 3.05) is 19.7 Å². The van der Waals surface area contributed by atoms with Crippen LogP contribution < -0.4 is 15.4 Å². The highest BCUT2D eigenvalue weighted by Crippen LogP contribution is 2.29. The number of rotatable bonds is 9. The molecule has 1 aliphatic carbocycles. The van der Waals surface area contributed by atoms with Crippen LogP contribution in [0.5, 0.6) is 5.88 Å². The summed E-state index contributed by atoms with van der Waals surface area (Å²) in [4.78, 5) is 9.66. The van der Waals surface area contributed by atoms with Crippen LogP contribution in [0, 0.1) is 5.92 Å². The summed E-state index contributed by atoms with van der Waals surface area (Å²) in [6.07, 6.45) is 3.63. The van der Waals surface area contributed by atoms with Gasteiger partial charge in [0, 0.05) is 30.2 Å². The van der Waals surface area contributed by atoms with Gasteiger partial charge in [-0.15, -0.1) is 11.3 Å². The highest BCUT2D eigenvalue weighted by molar-refractivity contribution is 7.16. The first-order valence-electron chi connectivity index (χ1n) is 9.17. The highest BCUT2D eigenvalue weighted by atomic mass is 35.5. The molecule has 1 fully saturated rings. The number of halogens is 1. The summed E-state index contributed by atoms with van der Waals surface area (Å²) in [7, 11) is 0. The number of ether oxygens (including phenoxy) is 1. The normalized spacial score (nSPS) is 15.4. The summed E-state index contributed by atoms with van der Waals surface area (Å²) in [5.41, 5.74) is 1.03. The van der Waals surface area contributed by atoms with Gasteiger partial charge in [0.05, 0.1) is 17.5 Å². The van der Waals surface area contributed by atoms with Crippen LogP contribution in [-0.2, 0) is 6.54 Å². The minimum absolute atomic E-state index is 0.356. The average molecular weight is 409 g/mol. The topological polar surface area (TPSA) is 78.8 Å². The minimum atomic E-state index is -0.630. The predicted molar refractivity (Wildman–Crippen MR) is 110 cm³/mol. The first-order chi connectivity index (χ1) is 13.1. The van der Waals surface area contributed by atoms with Crippen LogP contribution in [0.2, 0.25) is 4.34 Å². The molecule has 1 unspecified atom stereocenters. The van der Waals surface area contributed by atoms with Crippen molar-refractivity contribution in [1.82, 2.24) is 15.6 Å². The fourth-order valence-electron chi connectivity index (χ4n) is 2.43. The predicted octanol–water partition coefficient (Wildman–Crippen LogP) is 3.37. The molecule has 0 saturated heterocycles. The zero-order valence-electron chi connectivity index (χ0n) is 15.3. The van der Waals surface area contributed by atoms with Crippen molar-refractivity contribution in [2.24, 2.45) is 10.9 Å². The maximum Gasteiger partial charge on any atom is 0.213 e. The van der Waals surface area contributed by atoms with Crippen LogP contribution in [-0.4, -0.2) is 35.7 Å². The molecule has 1 aliphatic rings. The molecule has 1 saturated carbocycles. The second-order valence-electron chi connectivity index (χ2n) is 6.49. The van der Waals surface area contributed by atoms with Gasteiger partial charge < -0.3 is 20.5 Å². The summed E-state index contributed by atoms with van der Waals surface area (Å²) >= 11 is 7.30. The number of hydrogen-bond acceptors (Lipinski definition) is 5. The SMILES string of the molecule is CCNC(=NCc1ccnc(OCC2CC2)c1)NCC(O)c1ccc(Cl)s1. The molecule has 2 aromatic rings. The maximum atomic E-state index is 10.3. The number of nitrogens with one attached hydrogen (secondary N) is 2. The Balaban J connectivity index is 1.53. The highest BCUT2D eigenvalue weighted by Gasteiger charge is 2.22. The van der Waals surface area contributed by atoms with Gasteiger partial charge in [-0.05, 0) is 49.4 Å². The van der Waals surface area contributed by atoms with Crippen LogP contribution in [0.3, 0.4) is 0 Å². The molecule has 0 bridgehead atoms. The van der Waals surface area contributed by atoms with Crippen molar-refractivity contribution in [2.45, 2.75) is 32.4 Å². The molecule has 1 atom stereocenters. The number of hydrogen-bond donors (Lipinski definition) is 3. The van der Waals surface area contributed by atoms with Gasteiger partial charge >= 0.3 is 0 Å². The van der Waals surface area contributed by atoms with E-state index in [9.17, 15) is 5.11 Å². The molecule has 0 amide bonds. The number of aliphatic imine (C=N–C) groups is 1. The Labute approximate surface area is 168 Å². The van der Waals surface area contributed by atoms with E-state index < -0.39 is 6.10 Å². The third-order valence-electron chi connectivity index (χ3n) is 4.11. The van der Waals surface area contributed by atoms with Gasteiger partial charge in [0.15, 0.2) is 5.96 Å². The average Bonchev–Trinajstić information content (AvgIpc) is 3.41. The van der Waals surface area contributed by atoms with Gasteiger partial charge in [-0.2, -0.15) is 0 Å². The fraction of sp³-hybridized carbons (Fsp3) is 0.474. The zero-order valence-corrected chi connectivity index (χ0v) is 16.9. The molecular weight excluding hydrogens is 384 g/mol. The van der Waals surface area contributed by atoms with E-state index in [1.807, 2.05) is 25.1 Å². The number of aliphatic hydroxyl groups excluding tert-OH is 1. The molecule has 0 radical (unpaired) electrons. The van der Waals surface area contributed by atoms with Crippen LogP contribution in [0.1, 0.15) is 36.3 Å². The van der Waals surface area contributed by atoms with Crippen LogP contribution in [0.4, 0.5) is 0 Å². The molecule has 3 N–H and O–H groups in total. The third-order valence-corrected chi connectivity index (χ3v) is 5.44. The number of guanidine groups is 1. The Hall–Kier alpha value is -1.83. The van der Waals surface area contributed by atoms with Crippen molar-refractivity contribution in [3.63, 3.8) is 0 Å². The smallest absolute Gasteiger partial charge is 0.213 e. The Bertz CT molecular complexity index is 764. The monoisotopic (exact) mass is 408 g/mol. The quantitative estimate of drug-likeness (QED) is 0.438. The van der Waals surface area contributed by atoms with Crippen molar-refractivity contribution >= 4 is 28.9 Å². The number of aromatic nitrogens is 1. The molecule has 146 valence electrons. The van der Waals surface area contributed by atoms with E-state index in [4.69, 9.17) is 16.3 Å². The molecule has 0 aromatic carbocycles. The Kier molecular flexibility index (Phi) is 7.32. The molecule has 8 heteroatoms. The summed E-state index contributed by atoms with van der Waals surface area (Å²) in [6.45, 7) is 4.34.